The number of fused-ring (bicyclic) bond motifs is 1. The van der Waals surface area contributed by atoms with Gasteiger partial charge in [0.1, 0.15) is 9.71 Å². The summed E-state index contributed by atoms with van der Waals surface area (Å²) in [7, 11) is 0. The van der Waals surface area contributed by atoms with E-state index in [1.54, 1.807) is 0 Å². The molecule has 1 aliphatic heterocycles. The Kier molecular flexibility index (Phi) is 4.80. The van der Waals surface area contributed by atoms with Crippen LogP contribution >= 0.6 is 11.3 Å². The maximum atomic E-state index is 12.6. The molecule has 0 aliphatic carbocycles. The van der Waals surface area contributed by atoms with Gasteiger partial charge >= 0.3 is 6.18 Å². The summed E-state index contributed by atoms with van der Waals surface area (Å²) >= 11 is 0.895. The number of nitrogens with zero attached hydrogens (tertiary/aromatic N) is 3. The van der Waals surface area contributed by atoms with Crippen molar-refractivity contribution in [3.63, 3.8) is 0 Å². The molecule has 8 nitrogen and oxygen atoms in total. The number of halogens is 3. The maximum Gasteiger partial charge on any atom is 0.422 e. The number of alkyl halides is 3. The highest BCUT2D eigenvalue weighted by atomic mass is 32.1. The molecule has 0 atom stereocenters. The smallest absolute Gasteiger partial charge is 0.422 e. The molecule has 0 radical (unpaired) electrons. The van der Waals surface area contributed by atoms with Crippen molar-refractivity contribution in [3.8, 4) is 5.88 Å². The molecular formula is C14H17F3N6O2S. The SMILES string of the molecule is NC(=O)c1sc2nc(N3CCC(N)CC3)nc(OCC(F)(F)F)c2c1N. The molecule has 142 valence electrons. The van der Waals surface area contributed by atoms with Crippen molar-refractivity contribution in [2.45, 2.75) is 25.1 Å². The molecule has 1 saturated heterocycles. The lowest BCUT2D eigenvalue weighted by molar-refractivity contribution is -0.153. The second kappa shape index (κ2) is 6.76. The van der Waals surface area contributed by atoms with Crippen molar-refractivity contribution in [2.24, 2.45) is 11.5 Å². The monoisotopic (exact) mass is 390 g/mol. The third-order valence-electron chi connectivity index (χ3n) is 3.96. The molecule has 1 fully saturated rings. The normalized spacial score (nSPS) is 16.2. The summed E-state index contributed by atoms with van der Waals surface area (Å²) in [6.07, 6.45) is -3.13. The number of hydrogen-bond acceptors (Lipinski definition) is 8. The summed E-state index contributed by atoms with van der Waals surface area (Å²) in [5.74, 6) is -0.907. The van der Waals surface area contributed by atoms with Gasteiger partial charge in [-0.25, -0.2) is 4.98 Å². The lowest BCUT2D eigenvalue weighted by Crippen LogP contribution is -2.40. The fourth-order valence-corrected chi connectivity index (χ4v) is 3.59. The topological polar surface area (TPSA) is 133 Å². The predicted molar refractivity (Wildman–Crippen MR) is 91.3 cm³/mol. The Labute approximate surface area is 150 Å². The molecule has 3 heterocycles. The van der Waals surface area contributed by atoms with Crippen LogP contribution in [0, 0.1) is 0 Å². The molecule has 6 N–H and O–H groups in total. The Balaban J connectivity index is 2.05. The van der Waals surface area contributed by atoms with Crippen LogP contribution in [0.2, 0.25) is 0 Å². The third-order valence-corrected chi connectivity index (χ3v) is 5.08. The summed E-state index contributed by atoms with van der Waals surface area (Å²) < 4.78 is 42.6. The van der Waals surface area contributed by atoms with E-state index in [0.29, 0.717) is 25.9 Å². The minimum atomic E-state index is -4.55. The number of nitrogens with two attached hydrogens (primary N) is 3. The standard InChI is InChI=1S/C14H17F3N6O2S/c15-14(16,17)5-25-11-7-8(19)9(10(20)24)26-12(7)22-13(21-11)23-3-1-6(18)2-4-23/h6H,1-5,18-19H2,(H2,20,24). The fourth-order valence-electron chi connectivity index (χ4n) is 2.66. The van der Waals surface area contributed by atoms with E-state index in [1.165, 1.54) is 0 Å². The summed E-state index contributed by atoms with van der Waals surface area (Å²) in [4.78, 5) is 22.0. The Morgan fingerprint density at radius 1 is 1.31 bits per heavy atom. The van der Waals surface area contributed by atoms with Crippen molar-refractivity contribution < 1.29 is 22.7 Å². The van der Waals surface area contributed by atoms with Gasteiger partial charge in [0.2, 0.25) is 11.8 Å². The minimum absolute atomic E-state index is 0.00368. The molecule has 0 unspecified atom stereocenters. The molecule has 0 saturated carbocycles. The van der Waals surface area contributed by atoms with Crippen LogP contribution in [0.5, 0.6) is 5.88 Å². The van der Waals surface area contributed by atoms with Gasteiger partial charge in [0, 0.05) is 19.1 Å². The van der Waals surface area contributed by atoms with E-state index in [-0.39, 0.29) is 38.7 Å². The van der Waals surface area contributed by atoms with Crippen molar-refractivity contribution in [1.82, 2.24) is 9.97 Å². The average molecular weight is 390 g/mol. The number of aromatic nitrogens is 2. The van der Waals surface area contributed by atoms with Crippen molar-refractivity contribution in [3.05, 3.63) is 4.88 Å². The van der Waals surface area contributed by atoms with Gasteiger partial charge in [-0.05, 0) is 12.8 Å². The van der Waals surface area contributed by atoms with Gasteiger partial charge in [0.05, 0.1) is 11.1 Å². The number of thiophene rings is 1. The van der Waals surface area contributed by atoms with Gasteiger partial charge in [-0.15, -0.1) is 11.3 Å². The zero-order chi connectivity index (χ0) is 19.1. The van der Waals surface area contributed by atoms with Crippen LogP contribution in [-0.2, 0) is 0 Å². The van der Waals surface area contributed by atoms with E-state index in [4.69, 9.17) is 21.9 Å². The van der Waals surface area contributed by atoms with Crippen LogP contribution in [0.3, 0.4) is 0 Å². The van der Waals surface area contributed by atoms with Gasteiger partial charge in [0.25, 0.3) is 5.91 Å². The molecule has 1 amide bonds. The first-order valence-corrected chi connectivity index (χ1v) is 8.57. The number of hydrogen-bond donors (Lipinski definition) is 3. The first kappa shape index (κ1) is 18.5. The minimum Gasteiger partial charge on any atom is -0.467 e. The number of carbonyl (C=O) groups excluding carboxylic acids is 1. The van der Waals surface area contributed by atoms with Crippen LogP contribution in [-0.4, -0.2) is 47.8 Å². The van der Waals surface area contributed by atoms with Gasteiger partial charge in [-0.3, -0.25) is 4.79 Å². The van der Waals surface area contributed by atoms with E-state index in [9.17, 15) is 18.0 Å². The van der Waals surface area contributed by atoms with Crippen LogP contribution in [0.25, 0.3) is 10.2 Å². The van der Waals surface area contributed by atoms with E-state index in [2.05, 4.69) is 9.97 Å². The summed E-state index contributed by atoms with van der Waals surface area (Å²) in [5.41, 5.74) is 16.9. The Morgan fingerprint density at radius 3 is 2.54 bits per heavy atom. The molecule has 0 aromatic carbocycles. The van der Waals surface area contributed by atoms with Gasteiger partial charge in [-0.2, -0.15) is 18.2 Å². The number of ether oxygens (including phenoxy) is 1. The van der Waals surface area contributed by atoms with Crippen LogP contribution in [0.1, 0.15) is 22.5 Å². The number of anilines is 2. The zero-order valence-electron chi connectivity index (χ0n) is 13.5. The molecule has 3 rings (SSSR count). The van der Waals surface area contributed by atoms with Gasteiger partial charge < -0.3 is 26.8 Å². The van der Waals surface area contributed by atoms with Crippen LogP contribution in [0.4, 0.5) is 24.8 Å². The van der Waals surface area contributed by atoms with Crippen molar-refractivity contribution in [1.29, 1.82) is 0 Å². The highest BCUT2D eigenvalue weighted by molar-refractivity contribution is 7.21. The summed E-state index contributed by atoms with van der Waals surface area (Å²) in [5, 5.41) is 0.0607. The molecule has 0 spiro atoms. The Hall–Kier alpha value is -2.34. The highest BCUT2D eigenvalue weighted by Crippen LogP contribution is 2.39. The van der Waals surface area contributed by atoms with Gasteiger partial charge in [0.15, 0.2) is 6.61 Å². The van der Waals surface area contributed by atoms with E-state index in [1.807, 2.05) is 4.90 Å². The van der Waals surface area contributed by atoms with E-state index < -0.39 is 18.7 Å². The number of nitrogen functional groups attached to an aromatic ring is 1. The number of carbonyl (C=O) groups is 1. The maximum absolute atomic E-state index is 12.6. The van der Waals surface area contributed by atoms with Crippen molar-refractivity contribution in [2.75, 3.05) is 30.3 Å². The van der Waals surface area contributed by atoms with Crippen LogP contribution < -0.4 is 26.8 Å². The van der Waals surface area contributed by atoms with Crippen molar-refractivity contribution >= 4 is 39.1 Å². The highest BCUT2D eigenvalue weighted by Gasteiger charge is 2.31. The summed E-state index contributed by atoms with van der Waals surface area (Å²) in [6, 6.07) is 0.0646. The number of rotatable bonds is 4. The largest absolute Gasteiger partial charge is 0.467 e. The Bertz CT molecular complexity index is 832. The second-order valence-electron chi connectivity index (χ2n) is 5.95. The molecule has 26 heavy (non-hydrogen) atoms. The molecule has 2 aromatic rings. The number of primary amides is 1. The molecular weight excluding hydrogens is 373 g/mol. The second-order valence-corrected chi connectivity index (χ2v) is 6.95. The quantitative estimate of drug-likeness (QED) is 0.715. The molecule has 1 aliphatic rings. The summed E-state index contributed by atoms with van der Waals surface area (Å²) in [6.45, 7) is -0.408. The lowest BCUT2D eigenvalue weighted by atomic mass is 10.1. The molecule has 0 bridgehead atoms. The first-order valence-electron chi connectivity index (χ1n) is 7.75. The zero-order valence-corrected chi connectivity index (χ0v) is 14.4. The lowest BCUT2D eigenvalue weighted by Gasteiger charge is -2.30. The number of amides is 1. The molecule has 12 heteroatoms. The van der Waals surface area contributed by atoms with E-state index in [0.717, 1.165) is 11.3 Å². The van der Waals surface area contributed by atoms with E-state index >= 15 is 0 Å². The fraction of sp³-hybridized carbons (Fsp3) is 0.500. The number of piperidine rings is 1. The van der Waals surface area contributed by atoms with Gasteiger partial charge in [-0.1, -0.05) is 0 Å². The molecule has 2 aromatic heterocycles. The average Bonchev–Trinajstić information content (AvgIpc) is 2.90. The third kappa shape index (κ3) is 3.75. The predicted octanol–water partition coefficient (Wildman–Crippen LogP) is 1.24. The first-order chi connectivity index (χ1) is 12.2. The van der Waals surface area contributed by atoms with Crippen LogP contribution in [0.15, 0.2) is 0 Å². The Morgan fingerprint density at radius 2 is 1.96 bits per heavy atom.